The molecule has 3 heterocycles. The average molecular weight is 458 g/mol. The molecule has 5 nitrogen and oxygen atoms in total. The Morgan fingerprint density at radius 2 is 2.06 bits per heavy atom. The molecule has 33 heavy (non-hydrogen) atoms. The lowest BCUT2D eigenvalue weighted by Crippen LogP contribution is -2.36. The van der Waals surface area contributed by atoms with E-state index in [9.17, 15) is 13.2 Å². The number of pyridine rings is 1. The van der Waals surface area contributed by atoms with Gasteiger partial charge in [-0.1, -0.05) is 25.7 Å². The maximum absolute atomic E-state index is 14.0. The second-order valence-corrected chi connectivity index (χ2v) is 8.01. The molecule has 0 saturated carbocycles. The minimum Gasteiger partial charge on any atom is -0.367 e. The first-order valence-electron chi connectivity index (χ1n) is 11.1. The number of anilines is 1. The molecule has 1 saturated heterocycles. The Bertz CT molecular complexity index is 1110. The summed E-state index contributed by atoms with van der Waals surface area (Å²) in [4.78, 5) is 6.57. The first kappa shape index (κ1) is 24.5. The molecule has 1 aliphatic heterocycles. The molecule has 2 aromatic rings. The van der Waals surface area contributed by atoms with Crippen LogP contribution in [0.5, 0.6) is 0 Å². The topological polar surface area (TPSA) is 45.1 Å². The van der Waals surface area contributed by atoms with Gasteiger partial charge in [-0.2, -0.15) is 0 Å². The van der Waals surface area contributed by atoms with Gasteiger partial charge >= 0.3 is 6.30 Å². The second kappa shape index (κ2) is 10.6. The van der Waals surface area contributed by atoms with E-state index in [1.807, 2.05) is 19.9 Å². The van der Waals surface area contributed by atoms with Gasteiger partial charge in [0.1, 0.15) is 11.5 Å². The third-order valence-electron chi connectivity index (χ3n) is 5.79. The van der Waals surface area contributed by atoms with Gasteiger partial charge in [0.05, 0.1) is 5.52 Å². The zero-order valence-electron chi connectivity index (χ0n) is 19.3. The lowest BCUT2D eigenvalue weighted by Gasteiger charge is -2.29. The van der Waals surface area contributed by atoms with E-state index in [0.717, 1.165) is 37.9 Å². The molecule has 0 amide bonds. The van der Waals surface area contributed by atoms with Crippen LogP contribution in [0.4, 0.5) is 19.0 Å². The molecule has 3 rings (SSSR count). The number of piperidine rings is 1. The summed E-state index contributed by atoms with van der Waals surface area (Å²) < 4.78 is 42.3. The Morgan fingerprint density at radius 3 is 2.67 bits per heavy atom. The van der Waals surface area contributed by atoms with E-state index in [-0.39, 0.29) is 17.3 Å². The Balaban J connectivity index is 1.98. The molecule has 0 aromatic carbocycles. The van der Waals surface area contributed by atoms with E-state index in [1.54, 1.807) is 12.2 Å². The van der Waals surface area contributed by atoms with Crippen molar-refractivity contribution in [1.82, 2.24) is 19.8 Å². The maximum atomic E-state index is 14.0. The van der Waals surface area contributed by atoms with Crippen molar-refractivity contribution in [2.45, 2.75) is 45.5 Å². The summed E-state index contributed by atoms with van der Waals surface area (Å²) >= 11 is 0. The van der Waals surface area contributed by atoms with Crippen molar-refractivity contribution in [2.24, 2.45) is 0 Å². The van der Waals surface area contributed by atoms with Gasteiger partial charge in [-0.25, -0.2) is 9.55 Å². The minimum atomic E-state index is -4.62. The number of rotatable bonds is 6. The summed E-state index contributed by atoms with van der Waals surface area (Å²) in [6.45, 7) is 9.46. The van der Waals surface area contributed by atoms with Crippen LogP contribution < -0.4 is 10.6 Å². The van der Waals surface area contributed by atoms with Gasteiger partial charge in [0.15, 0.2) is 0 Å². The van der Waals surface area contributed by atoms with E-state index in [1.165, 1.54) is 18.3 Å². The molecule has 0 spiro atoms. The molecule has 0 radical (unpaired) electrons. The summed E-state index contributed by atoms with van der Waals surface area (Å²) in [6, 6.07) is 5.69. The van der Waals surface area contributed by atoms with E-state index in [4.69, 9.17) is 0 Å². The van der Waals surface area contributed by atoms with Crippen molar-refractivity contribution in [3.8, 4) is 12.0 Å². The number of fused-ring (bicyclic) bond motifs is 1. The van der Waals surface area contributed by atoms with E-state index < -0.39 is 6.30 Å². The van der Waals surface area contributed by atoms with Gasteiger partial charge in [0, 0.05) is 29.4 Å². The highest BCUT2D eigenvalue weighted by Crippen LogP contribution is 2.34. The highest BCUT2D eigenvalue weighted by Gasteiger charge is 2.35. The monoisotopic (exact) mass is 457 g/mol. The molecule has 2 N–H and O–H groups in total. The minimum absolute atomic E-state index is 0.0294. The first-order chi connectivity index (χ1) is 15.8. The van der Waals surface area contributed by atoms with Gasteiger partial charge in [-0.05, 0) is 76.0 Å². The number of hydrogen-bond donors (Lipinski definition) is 2. The predicted octanol–water partition coefficient (Wildman–Crippen LogP) is 5.34. The number of nitrogens with one attached hydrogen (secondary N) is 2. The third-order valence-corrected chi connectivity index (χ3v) is 5.79. The van der Waals surface area contributed by atoms with Gasteiger partial charge < -0.3 is 15.5 Å². The van der Waals surface area contributed by atoms with Crippen LogP contribution >= 0.6 is 0 Å². The maximum Gasteiger partial charge on any atom is 0.489 e. The predicted molar refractivity (Wildman–Crippen MR) is 128 cm³/mol. The largest absolute Gasteiger partial charge is 0.489 e. The molecule has 1 fully saturated rings. The van der Waals surface area contributed by atoms with Crippen molar-refractivity contribution in [2.75, 3.05) is 25.5 Å². The molecule has 8 heteroatoms. The number of allylic oxidation sites excluding steroid dienone is 4. The van der Waals surface area contributed by atoms with Crippen molar-refractivity contribution in [1.29, 1.82) is 0 Å². The molecule has 0 unspecified atom stereocenters. The van der Waals surface area contributed by atoms with Crippen LogP contribution in [-0.2, 0) is 6.30 Å². The molecule has 1 aliphatic rings. The Kier molecular flexibility index (Phi) is 7.88. The third kappa shape index (κ3) is 5.79. The smallest absolute Gasteiger partial charge is 0.367 e. The average Bonchev–Trinajstić information content (AvgIpc) is 3.16. The van der Waals surface area contributed by atoms with Crippen molar-refractivity contribution in [3.05, 3.63) is 60.1 Å². The zero-order chi connectivity index (χ0) is 24.0. The molecule has 0 atom stereocenters. The molecule has 0 bridgehead atoms. The number of alkyl halides is 3. The van der Waals surface area contributed by atoms with Gasteiger partial charge in [-0.15, -0.1) is 13.2 Å². The van der Waals surface area contributed by atoms with E-state index >= 15 is 0 Å². The molecule has 2 aromatic heterocycles. The Morgan fingerprint density at radius 1 is 1.33 bits per heavy atom. The van der Waals surface area contributed by atoms with Gasteiger partial charge in [0.2, 0.25) is 0 Å². The number of likely N-dealkylation sites (tertiary alicyclic amines) is 1. The van der Waals surface area contributed by atoms with Crippen LogP contribution in [0.1, 0.15) is 38.8 Å². The highest BCUT2D eigenvalue weighted by atomic mass is 19.4. The van der Waals surface area contributed by atoms with Crippen LogP contribution in [0.2, 0.25) is 0 Å². The summed E-state index contributed by atoms with van der Waals surface area (Å²) in [6.07, 6.45) is 4.66. The number of aromatic nitrogens is 2. The van der Waals surface area contributed by atoms with Crippen LogP contribution in [0.3, 0.4) is 0 Å². The lowest BCUT2D eigenvalue weighted by molar-refractivity contribution is -0.201. The fourth-order valence-electron chi connectivity index (χ4n) is 4.02. The van der Waals surface area contributed by atoms with Crippen molar-refractivity contribution in [3.63, 3.8) is 0 Å². The fourth-order valence-corrected chi connectivity index (χ4v) is 4.02. The van der Waals surface area contributed by atoms with Crippen LogP contribution in [0.15, 0.2) is 54.4 Å². The molecular formula is C25H30F3N5. The molecule has 0 aliphatic carbocycles. The Hall–Kier alpha value is -3.18. The molecule has 176 valence electrons. The fraction of sp³-hybridized carbons (Fsp3) is 0.400. The summed E-state index contributed by atoms with van der Waals surface area (Å²) in [7, 11) is 2.06. The summed E-state index contributed by atoms with van der Waals surface area (Å²) in [5, 5.41) is 6.68. The van der Waals surface area contributed by atoms with Crippen molar-refractivity contribution < 1.29 is 13.2 Å². The van der Waals surface area contributed by atoms with E-state index in [0.29, 0.717) is 21.5 Å². The van der Waals surface area contributed by atoms with Crippen molar-refractivity contribution >= 4 is 16.7 Å². The van der Waals surface area contributed by atoms with Crippen LogP contribution in [-0.4, -0.2) is 40.6 Å². The number of nitrogens with zero attached hydrogens (tertiary/aromatic N) is 3. The second-order valence-electron chi connectivity index (χ2n) is 8.01. The number of hydrogen-bond acceptors (Lipinski definition) is 4. The normalized spacial score (nSPS) is 16.4. The summed E-state index contributed by atoms with van der Waals surface area (Å²) in [5.41, 5.74) is 1.58. The van der Waals surface area contributed by atoms with Crippen LogP contribution in [0, 0.1) is 12.0 Å². The van der Waals surface area contributed by atoms with Gasteiger partial charge in [0.25, 0.3) is 0 Å². The van der Waals surface area contributed by atoms with Crippen LogP contribution in [0.25, 0.3) is 10.9 Å². The van der Waals surface area contributed by atoms with E-state index in [2.05, 4.69) is 46.1 Å². The Labute approximate surface area is 193 Å². The van der Waals surface area contributed by atoms with Gasteiger partial charge in [-0.3, -0.25) is 0 Å². The standard InChI is InChI=1S/C25H30F3N5/c1-5-8-22(18(6-2)7-3)29-13-9-20-17-21-23(33(20)25(26,27)28)10-14-30-24(21)31-19-11-15-32(4)16-12-19/h5-6,8,10,14,17,19,29H,1,7,11-12,15-16H2,2-4H3,(H,30,31)/b18-6-,22-8+. The summed E-state index contributed by atoms with van der Waals surface area (Å²) in [5.74, 6) is 3.11. The molecular weight excluding hydrogens is 427 g/mol. The lowest BCUT2D eigenvalue weighted by atomic mass is 10.1. The number of halogens is 3. The first-order valence-corrected chi connectivity index (χ1v) is 11.1. The quantitative estimate of drug-likeness (QED) is 0.349. The SMILES string of the molecule is C=C/C=C(NC#Cc1cc2c(NC3CCN(C)CC3)nccc2n1C(F)(F)F)\C(=C/C)CC. The highest BCUT2D eigenvalue weighted by molar-refractivity contribution is 5.92. The zero-order valence-corrected chi connectivity index (χ0v) is 19.3.